The molecule has 2 aliphatic rings. The van der Waals surface area contributed by atoms with E-state index in [0.29, 0.717) is 18.4 Å². The van der Waals surface area contributed by atoms with Gasteiger partial charge in [0.15, 0.2) is 5.70 Å². The van der Waals surface area contributed by atoms with Crippen LogP contribution in [0.3, 0.4) is 0 Å². The fraction of sp³-hybridized carbons (Fsp3) is 0.368. The number of carbonyl (C=O) groups excluding carboxylic acids is 2. The first-order valence-corrected chi connectivity index (χ1v) is 8.20. The van der Waals surface area contributed by atoms with Crippen LogP contribution in [0.5, 0.6) is 0 Å². The lowest BCUT2D eigenvalue weighted by molar-refractivity contribution is -0.137. The van der Waals surface area contributed by atoms with E-state index >= 15 is 0 Å². The molecule has 1 saturated carbocycles. The second-order valence-electron chi connectivity index (χ2n) is 6.28. The van der Waals surface area contributed by atoms with Crippen LogP contribution in [0.1, 0.15) is 36.0 Å². The first kappa shape index (κ1) is 17.2. The first-order chi connectivity index (χ1) is 12.1. The zero-order valence-corrected chi connectivity index (χ0v) is 14.1. The molecular weight excluding hydrogens is 322 g/mol. The van der Waals surface area contributed by atoms with E-state index in [0.717, 1.165) is 18.4 Å². The van der Waals surface area contributed by atoms with E-state index in [1.165, 1.54) is 7.11 Å². The van der Waals surface area contributed by atoms with Crippen molar-refractivity contribution >= 4 is 11.9 Å². The SMILES string of the molecule is C=C[C@@H]1C/C(=C(\NOC(=O)c2ccccc2)C(=O)OC)CC2(CC2)O1. The second kappa shape index (κ2) is 7.11. The smallest absolute Gasteiger partial charge is 0.362 e. The van der Waals surface area contributed by atoms with Gasteiger partial charge >= 0.3 is 11.9 Å². The van der Waals surface area contributed by atoms with Gasteiger partial charge in [-0.05, 0) is 30.5 Å². The molecule has 1 saturated heterocycles. The van der Waals surface area contributed by atoms with Gasteiger partial charge in [-0.15, -0.1) is 6.58 Å². The summed E-state index contributed by atoms with van der Waals surface area (Å²) in [4.78, 5) is 29.4. The van der Waals surface area contributed by atoms with Gasteiger partial charge in [0.1, 0.15) is 0 Å². The number of hydrogen-bond acceptors (Lipinski definition) is 6. The summed E-state index contributed by atoms with van der Waals surface area (Å²) in [6, 6.07) is 8.55. The lowest BCUT2D eigenvalue weighted by Gasteiger charge is -2.31. The van der Waals surface area contributed by atoms with Gasteiger partial charge in [0.25, 0.3) is 0 Å². The second-order valence-corrected chi connectivity index (χ2v) is 6.28. The van der Waals surface area contributed by atoms with Gasteiger partial charge in [-0.2, -0.15) is 0 Å². The van der Waals surface area contributed by atoms with Crippen LogP contribution in [-0.2, 0) is 19.1 Å². The van der Waals surface area contributed by atoms with Crippen molar-refractivity contribution in [3.63, 3.8) is 0 Å². The van der Waals surface area contributed by atoms with Gasteiger partial charge in [-0.1, -0.05) is 24.3 Å². The molecule has 1 aromatic carbocycles. The summed E-state index contributed by atoms with van der Waals surface area (Å²) in [5, 5.41) is 0. The van der Waals surface area contributed by atoms with Crippen molar-refractivity contribution in [1.29, 1.82) is 0 Å². The minimum atomic E-state index is -0.573. The molecule has 0 bridgehead atoms. The Hall–Kier alpha value is -2.60. The first-order valence-electron chi connectivity index (χ1n) is 8.20. The highest BCUT2D eigenvalue weighted by atomic mass is 16.7. The van der Waals surface area contributed by atoms with Crippen molar-refractivity contribution in [2.24, 2.45) is 0 Å². The Morgan fingerprint density at radius 2 is 2.04 bits per heavy atom. The summed E-state index contributed by atoms with van der Waals surface area (Å²) in [5.41, 5.74) is 3.66. The van der Waals surface area contributed by atoms with E-state index in [4.69, 9.17) is 14.3 Å². The third-order valence-corrected chi connectivity index (χ3v) is 4.45. The molecule has 0 radical (unpaired) electrons. The molecular formula is C19H21NO5. The van der Waals surface area contributed by atoms with Crippen LogP contribution in [0.2, 0.25) is 0 Å². The maximum Gasteiger partial charge on any atom is 0.362 e. The fourth-order valence-corrected chi connectivity index (χ4v) is 2.96. The molecule has 1 heterocycles. The Morgan fingerprint density at radius 3 is 2.64 bits per heavy atom. The van der Waals surface area contributed by atoms with E-state index in [-0.39, 0.29) is 17.4 Å². The molecule has 1 atom stereocenters. The summed E-state index contributed by atoms with van der Waals surface area (Å²) < 4.78 is 10.8. The van der Waals surface area contributed by atoms with Gasteiger partial charge in [0.2, 0.25) is 0 Å². The predicted molar refractivity (Wildman–Crippen MR) is 90.3 cm³/mol. The van der Waals surface area contributed by atoms with E-state index in [2.05, 4.69) is 12.1 Å². The Balaban J connectivity index is 1.78. The van der Waals surface area contributed by atoms with Crippen LogP contribution < -0.4 is 5.48 Å². The number of hydrogen-bond donors (Lipinski definition) is 1. The zero-order valence-electron chi connectivity index (χ0n) is 14.1. The monoisotopic (exact) mass is 343 g/mol. The fourth-order valence-electron chi connectivity index (χ4n) is 2.96. The molecule has 1 N–H and O–H groups in total. The number of nitrogens with one attached hydrogen (secondary N) is 1. The van der Waals surface area contributed by atoms with Gasteiger partial charge in [-0.3, -0.25) is 0 Å². The number of esters is 1. The van der Waals surface area contributed by atoms with Gasteiger partial charge < -0.3 is 14.3 Å². The lowest BCUT2D eigenvalue weighted by Crippen LogP contribution is -2.34. The molecule has 25 heavy (non-hydrogen) atoms. The van der Waals surface area contributed by atoms with Crippen molar-refractivity contribution in [1.82, 2.24) is 5.48 Å². The van der Waals surface area contributed by atoms with Crippen LogP contribution in [0, 0.1) is 0 Å². The minimum Gasteiger partial charge on any atom is -0.464 e. The number of benzene rings is 1. The van der Waals surface area contributed by atoms with Crippen molar-refractivity contribution < 1.29 is 23.9 Å². The largest absolute Gasteiger partial charge is 0.464 e. The number of methoxy groups -OCH3 is 1. The molecule has 0 amide bonds. The summed E-state index contributed by atoms with van der Waals surface area (Å²) in [6.07, 6.45) is 4.56. The van der Waals surface area contributed by atoms with Crippen molar-refractivity contribution in [2.45, 2.75) is 37.4 Å². The Labute approximate surface area is 146 Å². The van der Waals surface area contributed by atoms with Crippen LogP contribution >= 0.6 is 0 Å². The predicted octanol–water partition coefficient (Wildman–Crippen LogP) is 2.67. The topological polar surface area (TPSA) is 73.9 Å². The van der Waals surface area contributed by atoms with Crippen LogP contribution in [0.25, 0.3) is 0 Å². The van der Waals surface area contributed by atoms with Crippen molar-refractivity contribution in [3.05, 3.63) is 59.8 Å². The molecule has 1 aromatic rings. The summed E-state index contributed by atoms with van der Waals surface area (Å²) >= 11 is 0. The van der Waals surface area contributed by atoms with E-state index < -0.39 is 11.9 Å². The van der Waals surface area contributed by atoms with Crippen LogP contribution in [0.4, 0.5) is 0 Å². The van der Waals surface area contributed by atoms with Crippen molar-refractivity contribution in [3.8, 4) is 0 Å². The molecule has 2 fully saturated rings. The maximum absolute atomic E-state index is 12.2. The van der Waals surface area contributed by atoms with Gasteiger partial charge in [0.05, 0.1) is 24.4 Å². The molecule has 132 valence electrons. The molecule has 1 spiro atoms. The number of rotatable bonds is 5. The van der Waals surface area contributed by atoms with Crippen molar-refractivity contribution in [2.75, 3.05) is 7.11 Å². The summed E-state index contributed by atoms with van der Waals surface area (Å²) in [7, 11) is 1.29. The Morgan fingerprint density at radius 1 is 1.32 bits per heavy atom. The zero-order chi connectivity index (χ0) is 17.9. The van der Waals surface area contributed by atoms with Gasteiger partial charge in [0, 0.05) is 12.8 Å². The minimum absolute atomic E-state index is 0.160. The van der Waals surface area contributed by atoms with Crippen LogP contribution in [0.15, 0.2) is 54.3 Å². The molecule has 0 unspecified atom stereocenters. The van der Waals surface area contributed by atoms with Gasteiger partial charge in [-0.25, -0.2) is 15.1 Å². The molecule has 6 nitrogen and oxygen atoms in total. The quantitative estimate of drug-likeness (QED) is 0.383. The molecule has 1 aliphatic heterocycles. The molecule has 3 rings (SSSR count). The molecule has 0 aromatic heterocycles. The number of carbonyl (C=O) groups is 2. The van der Waals surface area contributed by atoms with E-state index in [9.17, 15) is 9.59 Å². The normalized spacial score (nSPS) is 22.7. The molecule has 1 aliphatic carbocycles. The number of ether oxygens (including phenoxy) is 2. The number of hydroxylamine groups is 1. The molecule has 6 heteroatoms. The highest BCUT2D eigenvalue weighted by Gasteiger charge is 2.49. The highest BCUT2D eigenvalue weighted by Crippen LogP contribution is 2.50. The average Bonchev–Trinajstić information content (AvgIpc) is 3.39. The van der Waals surface area contributed by atoms with Crippen LogP contribution in [-0.4, -0.2) is 30.8 Å². The highest BCUT2D eigenvalue weighted by molar-refractivity contribution is 5.91. The maximum atomic E-state index is 12.2. The Bertz CT molecular complexity index is 706. The third kappa shape index (κ3) is 3.91. The standard InChI is InChI=1S/C19H21NO5/c1-3-15-11-14(12-19(24-15)9-10-19)16(18(22)23-2)20-25-17(21)13-7-5-4-6-8-13/h3-8,15,20H,1,9-12H2,2H3/b16-14+/t15-/m1/s1. The van der Waals surface area contributed by atoms with E-state index in [1.54, 1.807) is 36.4 Å². The Kier molecular flexibility index (Phi) is 4.90. The average molecular weight is 343 g/mol. The summed E-state index contributed by atoms with van der Waals surface area (Å²) in [5.74, 6) is -1.15. The third-order valence-electron chi connectivity index (χ3n) is 4.45. The van der Waals surface area contributed by atoms with E-state index in [1.807, 2.05) is 0 Å². The lowest BCUT2D eigenvalue weighted by atomic mass is 9.94. The summed E-state index contributed by atoms with van der Waals surface area (Å²) in [6.45, 7) is 3.78.